The SMILES string of the molecule is CC(C)[C@H](NC(=O)c1ccco1)C(=O)Nc1ccc(S(=O)(=O)N(C)C(C)C)cc1. The van der Waals surface area contributed by atoms with Gasteiger partial charge in [-0.3, -0.25) is 9.59 Å². The molecule has 1 atom stereocenters. The first-order valence-electron chi connectivity index (χ1n) is 9.27. The fourth-order valence-electron chi connectivity index (χ4n) is 2.53. The molecule has 2 N–H and O–H groups in total. The van der Waals surface area contributed by atoms with E-state index in [0.29, 0.717) is 5.69 Å². The summed E-state index contributed by atoms with van der Waals surface area (Å²) in [6, 6.07) is 8.05. The highest BCUT2D eigenvalue weighted by Gasteiger charge is 2.26. The van der Waals surface area contributed by atoms with Gasteiger partial charge in [0.2, 0.25) is 15.9 Å². The molecular formula is C20H27N3O5S. The summed E-state index contributed by atoms with van der Waals surface area (Å²) in [6.45, 7) is 7.19. The van der Waals surface area contributed by atoms with Crippen LogP contribution in [0.25, 0.3) is 0 Å². The van der Waals surface area contributed by atoms with Crippen LogP contribution in [-0.2, 0) is 14.8 Å². The van der Waals surface area contributed by atoms with Crippen molar-refractivity contribution in [3.8, 4) is 0 Å². The van der Waals surface area contributed by atoms with Crippen LogP contribution in [0.5, 0.6) is 0 Å². The first-order chi connectivity index (χ1) is 13.5. The van der Waals surface area contributed by atoms with Crippen LogP contribution < -0.4 is 10.6 Å². The third-order valence-electron chi connectivity index (χ3n) is 4.51. The molecule has 0 aliphatic heterocycles. The molecule has 0 spiro atoms. The predicted molar refractivity (Wildman–Crippen MR) is 110 cm³/mol. The first-order valence-corrected chi connectivity index (χ1v) is 10.7. The lowest BCUT2D eigenvalue weighted by Crippen LogP contribution is -2.47. The van der Waals surface area contributed by atoms with Crippen molar-refractivity contribution in [2.45, 2.75) is 44.7 Å². The number of benzene rings is 1. The van der Waals surface area contributed by atoms with Gasteiger partial charge in [-0.2, -0.15) is 4.31 Å². The van der Waals surface area contributed by atoms with Gasteiger partial charge in [-0.25, -0.2) is 8.42 Å². The highest BCUT2D eigenvalue weighted by Crippen LogP contribution is 2.19. The third kappa shape index (κ3) is 5.45. The highest BCUT2D eigenvalue weighted by atomic mass is 32.2. The number of nitrogens with one attached hydrogen (secondary N) is 2. The van der Waals surface area contributed by atoms with E-state index in [2.05, 4.69) is 10.6 Å². The maximum absolute atomic E-state index is 12.7. The lowest BCUT2D eigenvalue weighted by atomic mass is 10.0. The summed E-state index contributed by atoms with van der Waals surface area (Å²) in [5.41, 5.74) is 0.430. The smallest absolute Gasteiger partial charge is 0.287 e. The number of furan rings is 1. The van der Waals surface area contributed by atoms with E-state index in [-0.39, 0.29) is 22.6 Å². The zero-order valence-corrected chi connectivity index (χ0v) is 18.0. The summed E-state index contributed by atoms with van der Waals surface area (Å²) in [5.74, 6) is -0.947. The number of carbonyl (C=O) groups is 2. The molecule has 0 bridgehead atoms. The van der Waals surface area contributed by atoms with Gasteiger partial charge in [0.25, 0.3) is 5.91 Å². The van der Waals surface area contributed by atoms with E-state index in [4.69, 9.17) is 4.42 Å². The minimum Gasteiger partial charge on any atom is -0.459 e. The molecule has 2 aromatic rings. The molecule has 1 heterocycles. The minimum absolute atomic E-state index is 0.118. The lowest BCUT2D eigenvalue weighted by molar-refractivity contribution is -0.118. The van der Waals surface area contributed by atoms with Gasteiger partial charge in [-0.15, -0.1) is 0 Å². The molecule has 0 radical (unpaired) electrons. The summed E-state index contributed by atoms with van der Waals surface area (Å²) in [7, 11) is -2.08. The van der Waals surface area contributed by atoms with Crippen molar-refractivity contribution in [2.75, 3.05) is 12.4 Å². The van der Waals surface area contributed by atoms with Crippen LogP contribution in [0, 0.1) is 5.92 Å². The van der Waals surface area contributed by atoms with Crippen LogP contribution in [0.1, 0.15) is 38.2 Å². The summed E-state index contributed by atoms with van der Waals surface area (Å²) in [4.78, 5) is 25.0. The molecule has 0 saturated carbocycles. The largest absolute Gasteiger partial charge is 0.459 e. The Morgan fingerprint density at radius 3 is 2.14 bits per heavy atom. The second-order valence-electron chi connectivity index (χ2n) is 7.30. The van der Waals surface area contributed by atoms with Crippen LogP contribution in [0.15, 0.2) is 52.0 Å². The number of anilines is 1. The maximum atomic E-state index is 12.7. The molecule has 0 fully saturated rings. The standard InChI is InChI=1S/C20H27N3O5S/c1-13(2)18(22-19(24)17-7-6-12-28-17)20(25)21-15-8-10-16(11-9-15)29(26,27)23(5)14(3)4/h6-14,18H,1-5H3,(H,21,25)(H,22,24)/t18-/m0/s1. The monoisotopic (exact) mass is 421 g/mol. The van der Waals surface area contributed by atoms with Crippen molar-refractivity contribution < 1.29 is 22.4 Å². The Hall–Kier alpha value is -2.65. The van der Waals surface area contributed by atoms with Crippen molar-refractivity contribution in [2.24, 2.45) is 5.92 Å². The summed E-state index contributed by atoms with van der Waals surface area (Å²) < 4.78 is 31.4. The molecule has 1 aromatic heterocycles. The van der Waals surface area contributed by atoms with E-state index in [9.17, 15) is 18.0 Å². The normalized spacial score (nSPS) is 13.0. The van der Waals surface area contributed by atoms with Gasteiger partial charge in [0, 0.05) is 18.8 Å². The molecule has 158 valence electrons. The Morgan fingerprint density at radius 1 is 1.03 bits per heavy atom. The van der Waals surface area contributed by atoms with Crippen LogP contribution in [0.2, 0.25) is 0 Å². The summed E-state index contributed by atoms with van der Waals surface area (Å²) in [6.07, 6.45) is 1.38. The van der Waals surface area contributed by atoms with Gasteiger partial charge >= 0.3 is 0 Å². The molecule has 2 rings (SSSR count). The highest BCUT2D eigenvalue weighted by molar-refractivity contribution is 7.89. The average molecular weight is 422 g/mol. The van der Waals surface area contributed by atoms with Gasteiger partial charge in [-0.1, -0.05) is 13.8 Å². The predicted octanol–water partition coefficient (Wildman–Crippen LogP) is 2.70. The molecule has 9 heteroatoms. The molecule has 0 aliphatic carbocycles. The number of hydrogen-bond donors (Lipinski definition) is 2. The Labute approximate surface area is 171 Å². The summed E-state index contributed by atoms with van der Waals surface area (Å²) in [5, 5.41) is 5.37. The van der Waals surface area contributed by atoms with Crippen molar-refractivity contribution >= 4 is 27.5 Å². The van der Waals surface area contributed by atoms with Gasteiger partial charge in [0.1, 0.15) is 6.04 Å². The zero-order valence-electron chi connectivity index (χ0n) is 17.2. The van der Waals surface area contributed by atoms with Crippen molar-refractivity contribution in [3.05, 3.63) is 48.4 Å². The van der Waals surface area contributed by atoms with E-state index in [1.54, 1.807) is 19.9 Å². The average Bonchev–Trinajstić information content (AvgIpc) is 3.20. The van der Waals surface area contributed by atoms with Crippen molar-refractivity contribution in [3.63, 3.8) is 0 Å². The van der Waals surface area contributed by atoms with Gasteiger partial charge in [0.15, 0.2) is 5.76 Å². The van der Waals surface area contributed by atoms with Gasteiger partial charge in [-0.05, 0) is 56.2 Å². The van der Waals surface area contributed by atoms with Crippen molar-refractivity contribution in [1.82, 2.24) is 9.62 Å². The van der Waals surface area contributed by atoms with Crippen molar-refractivity contribution in [1.29, 1.82) is 0 Å². The molecule has 0 aliphatic rings. The van der Waals surface area contributed by atoms with Gasteiger partial charge in [0.05, 0.1) is 11.2 Å². The lowest BCUT2D eigenvalue weighted by Gasteiger charge is -2.22. The molecule has 29 heavy (non-hydrogen) atoms. The minimum atomic E-state index is -3.60. The first kappa shape index (κ1) is 22.6. The number of nitrogens with zero attached hydrogens (tertiary/aromatic N) is 1. The zero-order chi connectivity index (χ0) is 21.8. The maximum Gasteiger partial charge on any atom is 0.287 e. The number of carbonyl (C=O) groups excluding carboxylic acids is 2. The quantitative estimate of drug-likeness (QED) is 0.681. The van der Waals surface area contributed by atoms with E-state index in [0.717, 1.165) is 0 Å². The Bertz CT molecular complexity index is 935. The summed E-state index contributed by atoms with van der Waals surface area (Å²) >= 11 is 0. The molecule has 0 saturated heterocycles. The van der Waals surface area contributed by atoms with E-state index in [1.165, 1.54) is 47.9 Å². The van der Waals surface area contributed by atoms with E-state index in [1.807, 2.05) is 13.8 Å². The van der Waals surface area contributed by atoms with E-state index < -0.39 is 27.9 Å². The Balaban J connectivity index is 2.11. The Kier molecular flexibility index (Phi) is 7.21. The van der Waals surface area contributed by atoms with Crippen LogP contribution in [-0.4, -0.2) is 43.7 Å². The van der Waals surface area contributed by atoms with Crippen LogP contribution in [0.4, 0.5) is 5.69 Å². The second kappa shape index (κ2) is 9.23. The van der Waals surface area contributed by atoms with Crippen LogP contribution in [0.3, 0.4) is 0 Å². The molecule has 8 nitrogen and oxygen atoms in total. The molecule has 1 aromatic carbocycles. The van der Waals surface area contributed by atoms with Crippen LogP contribution >= 0.6 is 0 Å². The van der Waals surface area contributed by atoms with Gasteiger partial charge < -0.3 is 15.1 Å². The topological polar surface area (TPSA) is 109 Å². The molecule has 0 unspecified atom stereocenters. The van der Waals surface area contributed by atoms with E-state index >= 15 is 0 Å². The fraction of sp³-hybridized carbons (Fsp3) is 0.400. The number of rotatable bonds is 8. The fourth-order valence-corrected chi connectivity index (χ4v) is 3.90. The number of sulfonamides is 1. The molecular weight excluding hydrogens is 394 g/mol. The third-order valence-corrected chi connectivity index (χ3v) is 6.55. The number of hydrogen-bond acceptors (Lipinski definition) is 5. The Morgan fingerprint density at radius 2 is 1.66 bits per heavy atom. The second-order valence-corrected chi connectivity index (χ2v) is 9.30. The molecule has 2 amide bonds. The number of amides is 2.